The average molecular weight is 526 g/mol. The summed E-state index contributed by atoms with van der Waals surface area (Å²) in [4.78, 5) is 45.0. The van der Waals surface area contributed by atoms with Gasteiger partial charge in [-0.15, -0.1) is 0 Å². The van der Waals surface area contributed by atoms with Gasteiger partial charge in [-0.25, -0.2) is 13.8 Å². The van der Waals surface area contributed by atoms with Gasteiger partial charge in [-0.2, -0.15) is 0 Å². The Kier molecular flexibility index (Phi) is 6.83. The molecule has 2 aromatic heterocycles. The number of anilines is 2. The summed E-state index contributed by atoms with van der Waals surface area (Å²) in [7, 11) is 0. The second-order valence-electron chi connectivity index (χ2n) is 8.54. The van der Waals surface area contributed by atoms with Crippen LogP contribution in [-0.2, 0) is 11.2 Å². The zero-order valence-electron chi connectivity index (χ0n) is 20.2. The zero-order chi connectivity index (χ0) is 27.5. The largest absolute Gasteiger partial charge is 0.481 e. The lowest BCUT2D eigenvalue weighted by atomic mass is 9.94. The fraction of sp³-hybridized carbons (Fsp3) is 0.0345. The van der Waals surface area contributed by atoms with Crippen molar-refractivity contribution < 1.29 is 23.5 Å². The molecular formula is C29H20F2N4O4. The first-order valence-corrected chi connectivity index (χ1v) is 11.8. The second-order valence-corrected chi connectivity index (χ2v) is 8.54. The number of amides is 1. The van der Waals surface area contributed by atoms with Gasteiger partial charge < -0.3 is 10.1 Å². The molecule has 39 heavy (non-hydrogen) atoms. The van der Waals surface area contributed by atoms with E-state index in [1.54, 1.807) is 66.7 Å². The first kappa shape index (κ1) is 25.3. The van der Waals surface area contributed by atoms with Gasteiger partial charge in [0.05, 0.1) is 23.2 Å². The highest BCUT2D eigenvalue weighted by Crippen LogP contribution is 2.37. The van der Waals surface area contributed by atoms with Gasteiger partial charge in [0.1, 0.15) is 5.65 Å². The number of nitrogens with one attached hydrogen (secondary N) is 2. The van der Waals surface area contributed by atoms with Crippen molar-refractivity contribution in [3.8, 4) is 11.1 Å². The van der Waals surface area contributed by atoms with Crippen LogP contribution in [0.25, 0.3) is 22.2 Å². The molecule has 2 heterocycles. The first-order valence-electron chi connectivity index (χ1n) is 11.8. The van der Waals surface area contributed by atoms with Gasteiger partial charge in [-0.3, -0.25) is 24.8 Å². The third-order valence-corrected chi connectivity index (χ3v) is 6.03. The Morgan fingerprint density at radius 1 is 0.923 bits per heavy atom. The van der Waals surface area contributed by atoms with E-state index in [9.17, 15) is 28.3 Å². The van der Waals surface area contributed by atoms with Gasteiger partial charge in [0.2, 0.25) is 0 Å². The fourth-order valence-electron chi connectivity index (χ4n) is 4.31. The van der Waals surface area contributed by atoms with Crippen LogP contribution < -0.4 is 16.0 Å². The van der Waals surface area contributed by atoms with Crippen molar-refractivity contribution in [1.82, 2.24) is 15.4 Å². The minimum atomic E-state index is -1.20. The number of aromatic nitrogens is 2. The molecule has 0 saturated heterocycles. The summed E-state index contributed by atoms with van der Waals surface area (Å²) < 4.78 is 27.4. The van der Waals surface area contributed by atoms with Crippen molar-refractivity contribution in [1.29, 1.82) is 0 Å². The van der Waals surface area contributed by atoms with Crippen molar-refractivity contribution in [3.63, 3.8) is 0 Å². The van der Waals surface area contributed by atoms with E-state index in [4.69, 9.17) is 0 Å². The standard InChI is InChI=1S/C29H20F2N4O4/c30-21-12-11-18(15-22(21)31)28(38)34-35(19-9-5-2-6-10-19)23-13-14-32-27-26(23)25(17-7-3-1-4-8-17)20(16-24(36)37)29(39)33-27/h1-15H,16H2,(H,34,38)(H,36,37)(H,32,33,39). The van der Waals surface area contributed by atoms with Crippen molar-refractivity contribution in [2.45, 2.75) is 6.42 Å². The van der Waals surface area contributed by atoms with Crippen LogP contribution in [0.15, 0.2) is 95.9 Å². The number of pyridine rings is 2. The molecule has 0 aliphatic rings. The number of rotatable bonds is 7. The van der Waals surface area contributed by atoms with E-state index in [2.05, 4.69) is 15.4 Å². The molecule has 0 aliphatic heterocycles. The van der Waals surface area contributed by atoms with Crippen LogP contribution in [0.3, 0.4) is 0 Å². The van der Waals surface area contributed by atoms with Gasteiger partial charge in [0.25, 0.3) is 11.5 Å². The number of carbonyl (C=O) groups excluding carboxylic acids is 1. The molecule has 0 radical (unpaired) electrons. The quantitative estimate of drug-likeness (QED) is 0.258. The number of carboxylic acid groups (broad SMARTS) is 1. The van der Waals surface area contributed by atoms with Crippen LogP contribution in [0.2, 0.25) is 0 Å². The number of hydrazine groups is 1. The van der Waals surface area contributed by atoms with Gasteiger partial charge in [0, 0.05) is 22.9 Å². The smallest absolute Gasteiger partial charge is 0.308 e. The molecule has 5 aromatic rings. The van der Waals surface area contributed by atoms with E-state index in [1.807, 2.05) is 0 Å². The number of nitrogens with zero attached hydrogens (tertiary/aromatic N) is 2. The van der Waals surface area contributed by atoms with Gasteiger partial charge in [-0.05, 0) is 42.0 Å². The molecule has 3 N–H and O–H groups in total. The molecule has 0 bridgehead atoms. The summed E-state index contributed by atoms with van der Waals surface area (Å²) in [6, 6.07) is 21.8. The predicted molar refractivity (Wildman–Crippen MR) is 142 cm³/mol. The highest BCUT2D eigenvalue weighted by Gasteiger charge is 2.24. The summed E-state index contributed by atoms with van der Waals surface area (Å²) in [5, 5.41) is 11.4. The number of benzene rings is 3. The molecule has 5 rings (SSSR count). The summed E-state index contributed by atoms with van der Waals surface area (Å²) in [6.45, 7) is 0. The Hall–Kier alpha value is -5.38. The summed E-state index contributed by atoms with van der Waals surface area (Å²) in [5.41, 5.74) is 3.91. The molecule has 3 aromatic carbocycles. The molecule has 0 unspecified atom stereocenters. The van der Waals surface area contributed by atoms with Crippen LogP contribution in [0.5, 0.6) is 0 Å². The first-order chi connectivity index (χ1) is 18.8. The third kappa shape index (κ3) is 5.08. The summed E-state index contributed by atoms with van der Waals surface area (Å²) in [6.07, 6.45) is 0.870. The lowest BCUT2D eigenvalue weighted by Gasteiger charge is -2.27. The predicted octanol–water partition coefficient (Wildman–Crippen LogP) is 4.98. The topological polar surface area (TPSA) is 115 Å². The van der Waals surface area contributed by atoms with Gasteiger partial charge in [0.15, 0.2) is 11.6 Å². The molecule has 0 aliphatic carbocycles. The lowest BCUT2D eigenvalue weighted by molar-refractivity contribution is -0.136. The van der Waals surface area contributed by atoms with Crippen LogP contribution in [0, 0.1) is 11.6 Å². The van der Waals surface area contributed by atoms with Gasteiger partial charge >= 0.3 is 5.97 Å². The number of carbonyl (C=O) groups is 2. The van der Waals surface area contributed by atoms with E-state index < -0.39 is 35.5 Å². The number of fused-ring (bicyclic) bond motifs is 1. The SMILES string of the molecule is O=C(O)Cc1c(-c2ccccc2)c2c(N(NC(=O)c3ccc(F)c(F)c3)c3ccccc3)ccnc2[nH]c1=O. The number of H-pyrrole nitrogens is 1. The van der Waals surface area contributed by atoms with E-state index in [0.29, 0.717) is 27.9 Å². The molecule has 0 spiro atoms. The van der Waals surface area contributed by atoms with Crippen molar-refractivity contribution >= 4 is 34.3 Å². The number of hydrogen-bond acceptors (Lipinski definition) is 5. The Morgan fingerprint density at radius 2 is 1.62 bits per heavy atom. The second kappa shape index (κ2) is 10.5. The minimum absolute atomic E-state index is 0.00962. The summed E-state index contributed by atoms with van der Waals surface area (Å²) >= 11 is 0. The van der Waals surface area contributed by atoms with E-state index in [0.717, 1.165) is 18.2 Å². The lowest BCUT2D eigenvalue weighted by Crippen LogP contribution is -2.39. The number of aliphatic carboxylic acids is 1. The molecule has 0 saturated carbocycles. The van der Waals surface area contributed by atoms with Crippen LogP contribution in [0.4, 0.5) is 20.2 Å². The van der Waals surface area contributed by atoms with E-state index >= 15 is 0 Å². The van der Waals surface area contributed by atoms with Crippen molar-refractivity contribution in [2.75, 3.05) is 5.01 Å². The van der Waals surface area contributed by atoms with E-state index in [-0.39, 0.29) is 16.8 Å². The Balaban J connectivity index is 1.78. The molecule has 8 nitrogen and oxygen atoms in total. The molecule has 10 heteroatoms. The maximum Gasteiger partial charge on any atom is 0.308 e. The highest BCUT2D eigenvalue weighted by atomic mass is 19.2. The third-order valence-electron chi connectivity index (χ3n) is 6.03. The fourth-order valence-corrected chi connectivity index (χ4v) is 4.31. The number of hydrogen-bond donors (Lipinski definition) is 3. The Bertz CT molecular complexity index is 1760. The number of halogens is 2. The Labute approximate surface area is 220 Å². The molecule has 0 atom stereocenters. The minimum Gasteiger partial charge on any atom is -0.481 e. The van der Waals surface area contributed by atoms with Crippen molar-refractivity contribution in [2.24, 2.45) is 0 Å². The van der Waals surface area contributed by atoms with Crippen LogP contribution in [0.1, 0.15) is 15.9 Å². The van der Waals surface area contributed by atoms with Gasteiger partial charge in [-0.1, -0.05) is 48.5 Å². The van der Waals surface area contributed by atoms with Crippen molar-refractivity contribution in [3.05, 3.63) is 124 Å². The van der Waals surface area contributed by atoms with E-state index in [1.165, 1.54) is 11.2 Å². The highest BCUT2D eigenvalue weighted by molar-refractivity contribution is 6.06. The molecular weight excluding hydrogens is 506 g/mol. The Morgan fingerprint density at radius 3 is 2.28 bits per heavy atom. The molecule has 0 fully saturated rings. The summed E-state index contributed by atoms with van der Waals surface area (Å²) in [5.74, 6) is -4.20. The average Bonchev–Trinajstić information content (AvgIpc) is 2.94. The number of para-hydroxylation sites is 1. The normalized spacial score (nSPS) is 10.8. The monoisotopic (exact) mass is 526 g/mol. The zero-order valence-corrected chi connectivity index (χ0v) is 20.2. The molecule has 1 amide bonds. The number of carboxylic acids is 1. The maximum atomic E-state index is 13.9. The van der Waals surface area contributed by atoms with Crippen LogP contribution in [-0.4, -0.2) is 27.0 Å². The molecule has 194 valence electrons. The van der Waals surface area contributed by atoms with Crippen LogP contribution >= 0.6 is 0 Å². The number of aromatic amines is 1. The maximum absolute atomic E-state index is 13.9.